The molecule has 0 spiro atoms. The maximum Gasteiger partial charge on any atom is 0.368 e. The van der Waals surface area contributed by atoms with Crippen molar-refractivity contribution in [1.82, 2.24) is 0 Å². The quantitative estimate of drug-likeness (QED) is 0.462. The highest BCUT2D eigenvalue weighted by molar-refractivity contribution is 5.93. The molecule has 2 aromatic carbocycles. The smallest absolute Gasteiger partial charge is 0.368 e. The van der Waals surface area contributed by atoms with Gasteiger partial charge >= 0.3 is 11.2 Å². The van der Waals surface area contributed by atoms with E-state index in [1.807, 2.05) is 30.3 Å². The Morgan fingerprint density at radius 1 is 0.882 bits per heavy atom. The molecule has 3 rings (SSSR count). The molecule has 0 atom stereocenters. The Labute approximate surface area is 108 Å². The van der Waals surface area contributed by atoms with E-state index < -0.39 is 0 Å². The Morgan fingerprint density at radius 2 is 1.65 bits per heavy atom. The van der Waals surface area contributed by atoms with Crippen LogP contribution in [0.2, 0.25) is 0 Å². The molecule has 0 unspecified atom stereocenters. The van der Waals surface area contributed by atoms with Gasteiger partial charge in [-0.1, -0.05) is 12.1 Å². The highest BCUT2D eigenvalue weighted by atomic mass is 79.9. The van der Waals surface area contributed by atoms with Crippen molar-refractivity contribution >= 4 is 21.9 Å². The number of hydrogen-bond acceptors (Lipinski definition) is 2. The zero-order chi connectivity index (χ0) is 11.1. The maximum absolute atomic E-state index is 9.69. The van der Waals surface area contributed by atoms with Gasteiger partial charge in [-0.25, -0.2) is 4.42 Å². The van der Waals surface area contributed by atoms with E-state index in [1.54, 1.807) is 0 Å². The molecule has 0 bridgehead atoms. The Morgan fingerprint density at radius 3 is 2.47 bits per heavy atom. The molecule has 0 aliphatic heterocycles. The second-order valence-electron chi connectivity index (χ2n) is 3.66. The lowest BCUT2D eigenvalue weighted by molar-refractivity contribution is -0.00000578. The lowest BCUT2D eigenvalue weighted by atomic mass is 10.1. The van der Waals surface area contributed by atoms with Gasteiger partial charge in [-0.15, -0.1) is 0 Å². The summed E-state index contributed by atoms with van der Waals surface area (Å²) in [5.74, 6) is 0.00790. The Hall–Kier alpha value is -1.81. The SMILES string of the molecule is Oc1cc(O)c2cc3ccccc3[o+]c2c1.[Br-]. The van der Waals surface area contributed by atoms with Crippen LogP contribution in [0.3, 0.4) is 0 Å². The molecule has 0 fully saturated rings. The first-order valence-electron chi connectivity index (χ1n) is 4.91. The van der Waals surface area contributed by atoms with Crippen molar-refractivity contribution in [3.05, 3.63) is 42.5 Å². The van der Waals surface area contributed by atoms with Gasteiger partial charge < -0.3 is 27.2 Å². The Bertz CT molecular complexity index is 695. The van der Waals surface area contributed by atoms with Crippen molar-refractivity contribution in [3.63, 3.8) is 0 Å². The zero-order valence-electron chi connectivity index (χ0n) is 8.72. The molecule has 4 heteroatoms. The third kappa shape index (κ3) is 1.91. The molecule has 0 saturated carbocycles. The summed E-state index contributed by atoms with van der Waals surface area (Å²) in [7, 11) is 0. The topological polar surface area (TPSA) is 51.8 Å². The molecule has 0 aliphatic carbocycles. The molecular weight excluding hydrogens is 284 g/mol. The summed E-state index contributed by atoms with van der Waals surface area (Å²) >= 11 is 0. The number of hydrogen-bond donors (Lipinski definition) is 2. The fraction of sp³-hybridized carbons (Fsp3) is 0. The Balaban J connectivity index is 0.00000108. The van der Waals surface area contributed by atoms with Crippen LogP contribution in [0, 0.1) is 0 Å². The average Bonchev–Trinajstić information content (AvgIpc) is 2.27. The van der Waals surface area contributed by atoms with Crippen LogP contribution in [0.25, 0.3) is 21.9 Å². The molecule has 0 radical (unpaired) electrons. The van der Waals surface area contributed by atoms with Gasteiger partial charge in [0.1, 0.15) is 16.9 Å². The summed E-state index contributed by atoms with van der Waals surface area (Å²) in [6, 6.07) is 12.2. The lowest BCUT2D eigenvalue weighted by Gasteiger charge is -1.96. The van der Waals surface area contributed by atoms with Crippen molar-refractivity contribution in [1.29, 1.82) is 0 Å². The molecule has 86 valence electrons. The van der Waals surface area contributed by atoms with E-state index in [0.29, 0.717) is 11.0 Å². The fourth-order valence-corrected chi connectivity index (χ4v) is 1.79. The monoisotopic (exact) mass is 292 g/mol. The molecule has 1 aromatic heterocycles. The summed E-state index contributed by atoms with van der Waals surface area (Å²) < 4.78 is 5.59. The number of benzene rings is 2. The normalized spacial score (nSPS) is 10.4. The second-order valence-corrected chi connectivity index (χ2v) is 3.66. The predicted octanol–water partition coefficient (Wildman–Crippen LogP) is 0.282. The second kappa shape index (κ2) is 4.22. The molecule has 3 nitrogen and oxygen atoms in total. The minimum absolute atomic E-state index is 0. The van der Waals surface area contributed by atoms with Gasteiger partial charge in [0, 0.05) is 12.1 Å². The van der Waals surface area contributed by atoms with Crippen molar-refractivity contribution in [2.75, 3.05) is 0 Å². The molecule has 1 heterocycles. The summed E-state index contributed by atoms with van der Waals surface area (Å²) in [4.78, 5) is 0. The van der Waals surface area contributed by atoms with Crippen LogP contribution in [0.5, 0.6) is 11.5 Å². The first-order chi connectivity index (χ1) is 7.74. The molecule has 0 saturated heterocycles. The first kappa shape index (κ1) is 11.7. The minimum Gasteiger partial charge on any atom is -1.00 e. The molecule has 2 N–H and O–H groups in total. The molecule has 17 heavy (non-hydrogen) atoms. The average molecular weight is 293 g/mol. The zero-order valence-corrected chi connectivity index (χ0v) is 10.3. The standard InChI is InChI=1S/C13H8O3.BrH/c14-9-6-11(15)10-5-8-3-1-2-4-12(8)16-13(10)7-9;/h1-7H,(H-,14,15);1H. The summed E-state index contributed by atoms with van der Waals surface area (Å²) in [6.07, 6.45) is 0. The van der Waals surface area contributed by atoms with E-state index >= 15 is 0 Å². The van der Waals surface area contributed by atoms with E-state index in [2.05, 4.69) is 0 Å². The number of fused-ring (bicyclic) bond motifs is 2. The van der Waals surface area contributed by atoms with Gasteiger partial charge in [-0.2, -0.15) is 0 Å². The minimum atomic E-state index is -0.0102. The van der Waals surface area contributed by atoms with Crippen LogP contribution in [0.15, 0.2) is 46.9 Å². The highest BCUT2D eigenvalue weighted by Crippen LogP contribution is 2.32. The first-order valence-corrected chi connectivity index (χ1v) is 4.91. The van der Waals surface area contributed by atoms with Crippen LogP contribution < -0.4 is 17.0 Å². The third-order valence-electron chi connectivity index (χ3n) is 2.54. The molecule has 3 aromatic rings. The highest BCUT2D eigenvalue weighted by Gasteiger charge is 2.15. The van der Waals surface area contributed by atoms with Gasteiger partial charge in [0.15, 0.2) is 0 Å². The number of phenolic OH excluding ortho intramolecular Hbond substituents is 2. The van der Waals surface area contributed by atoms with E-state index in [9.17, 15) is 10.2 Å². The number of halogens is 1. The lowest BCUT2D eigenvalue weighted by Crippen LogP contribution is -3.00. The third-order valence-corrected chi connectivity index (χ3v) is 2.54. The van der Waals surface area contributed by atoms with Crippen LogP contribution in [-0.2, 0) is 0 Å². The largest absolute Gasteiger partial charge is 1.00 e. The van der Waals surface area contributed by atoms with E-state index in [0.717, 1.165) is 11.0 Å². The summed E-state index contributed by atoms with van der Waals surface area (Å²) in [5, 5.41) is 20.6. The van der Waals surface area contributed by atoms with Crippen molar-refractivity contribution in [3.8, 4) is 11.5 Å². The number of para-hydroxylation sites is 1. The van der Waals surface area contributed by atoms with Crippen LogP contribution >= 0.6 is 0 Å². The number of rotatable bonds is 0. The summed E-state index contributed by atoms with van der Waals surface area (Å²) in [6.45, 7) is 0. The molecule has 0 amide bonds. The fourth-order valence-electron chi connectivity index (χ4n) is 1.79. The van der Waals surface area contributed by atoms with Crippen LogP contribution in [-0.4, -0.2) is 10.2 Å². The van der Waals surface area contributed by atoms with Gasteiger partial charge in [0.05, 0.1) is 11.5 Å². The molecule has 0 aliphatic rings. The van der Waals surface area contributed by atoms with E-state index in [4.69, 9.17) is 4.42 Å². The maximum atomic E-state index is 9.69. The number of phenols is 2. The van der Waals surface area contributed by atoms with Gasteiger partial charge in [-0.3, -0.25) is 0 Å². The number of aromatic hydroxyl groups is 2. The van der Waals surface area contributed by atoms with Gasteiger partial charge in [0.2, 0.25) is 0 Å². The Kier molecular flexibility index (Phi) is 2.90. The van der Waals surface area contributed by atoms with Crippen LogP contribution in [0.1, 0.15) is 0 Å². The molecular formula is C13H9BrO3. The van der Waals surface area contributed by atoms with E-state index in [-0.39, 0.29) is 28.5 Å². The van der Waals surface area contributed by atoms with Crippen molar-refractivity contribution in [2.45, 2.75) is 0 Å². The van der Waals surface area contributed by atoms with Crippen molar-refractivity contribution in [2.24, 2.45) is 0 Å². The summed E-state index contributed by atoms with van der Waals surface area (Å²) in [5.41, 5.74) is 1.19. The van der Waals surface area contributed by atoms with Crippen LogP contribution in [0.4, 0.5) is 0 Å². The van der Waals surface area contributed by atoms with Crippen molar-refractivity contribution < 1.29 is 31.6 Å². The predicted molar refractivity (Wildman–Crippen MR) is 61.5 cm³/mol. The van der Waals surface area contributed by atoms with Gasteiger partial charge in [0.25, 0.3) is 0 Å². The van der Waals surface area contributed by atoms with Gasteiger partial charge in [-0.05, 0) is 12.1 Å². The van der Waals surface area contributed by atoms with E-state index in [1.165, 1.54) is 12.1 Å².